The van der Waals surface area contributed by atoms with Crippen LogP contribution in [0.2, 0.25) is 0 Å². The SMILES string of the molecule is O=C(CCC1CCN(Cc2cc(-c3ccccc3)no2)CC1)c1ccc(-c2ccccc2)o1. The Balaban J connectivity index is 1.07. The molecule has 0 aliphatic carbocycles. The van der Waals surface area contributed by atoms with Crippen molar-refractivity contribution in [1.82, 2.24) is 10.1 Å². The number of likely N-dealkylation sites (tertiary alicyclic amines) is 1. The second-order valence-corrected chi connectivity index (χ2v) is 8.76. The quantitative estimate of drug-likeness (QED) is 0.294. The summed E-state index contributed by atoms with van der Waals surface area (Å²) in [6.45, 7) is 2.80. The Morgan fingerprint density at radius 3 is 2.33 bits per heavy atom. The van der Waals surface area contributed by atoms with E-state index in [0.717, 1.165) is 67.2 Å². The Hall–Kier alpha value is -3.44. The van der Waals surface area contributed by atoms with E-state index in [-0.39, 0.29) is 5.78 Å². The van der Waals surface area contributed by atoms with Gasteiger partial charge >= 0.3 is 0 Å². The first-order valence-electron chi connectivity index (χ1n) is 11.7. The zero-order valence-corrected chi connectivity index (χ0v) is 18.7. The van der Waals surface area contributed by atoms with E-state index < -0.39 is 0 Å². The maximum Gasteiger partial charge on any atom is 0.198 e. The van der Waals surface area contributed by atoms with Crippen molar-refractivity contribution in [3.63, 3.8) is 0 Å². The smallest absolute Gasteiger partial charge is 0.198 e. The van der Waals surface area contributed by atoms with Crippen molar-refractivity contribution in [1.29, 1.82) is 0 Å². The number of ketones is 1. The third kappa shape index (κ3) is 5.32. The molecular weight excluding hydrogens is 412 g/mol. The van der Waals surface area contributed by atoms with Gasteiger partial charge in [0.25, 0.3) is 0 Å². The maximum absolute atomic E-state index is 12.6. The van der Waals surface area contributed by atoms with E-state index in [9.17, 15) is 4.79 Å². The van der Waals surface area contributed by atoms with Gasteiger partial charge in [0.1, 0.15) is 11.5 Å². The molecule has 0 saturated carbocycles. The van der Waals surface area contributed by atoms with Crippen LogP contribution in [-0.4, -0.2) is 28.9 Å². The number of nitrogens with zero attached hydrogens (tertiary/aromatic N) is 2. The molecule has 0 radical (unpaired) electrons. The summed E-state index contributed by atoms with van der Waals surface area (Å²) in [6.07, 6.45) is 3.64. The van der Waals surface area contributed by atoms with Crippen molar-refractivity contribution >= 4 is 5.78 Å². The van der Waals surface area contributed by atoms with Gasteiger partial charge in [-0.25, -0.2) is 0 Å². The van der Waals surface area contributed by atoms with Crippen molar-refractivity contribution in [3.05, 3.63) is 90.4 Å². The van der Waals surface area contributed by atoms with Gasteiger partial charge in [0.15, 0.2) is 17.3 Å². The summed E-state index contributed by atoms with van der Waals surface area (Å²) in [5.74, 6) is 2.77. The van der Waals surface area contributed by atoms with Gasteiger partial charge in [0.2, 0.25) is 0 Å². The predicted octanol–water partition coefficient (Wildman–Crippen LogP) is 6.48. The molecule has 4 aromatic rings. The first-order valence-corrected chi connectivity index (χ1v) is 11.7. The molecule has 1 fully saturated rings. The molecule has 168 valence electrons. The molecule has 5 rings (SSSR count). The molecular formula is C28H28N2O3. The van der Waals surface area contributed by atoms with Gasteiger partial charge in [-0.3, -0.25) is 9.69 Å². The van der Waals surface area contributed by atoms with E-state index in [1.807, 2.05) is 72.8 Å². The Bertz CT molecular complexity index is 1170. The number of benzene rings is 2. The van der Waals surface area contributed by atoms with Crippen molar-refractivity contribution in [2.45, 2.75) is 32.2 Å². The van der Waals surface area contributed by atoms with Gasteiger partial charge in [-0.05, 0) is 50.4 Å². The minimum Gasteiger partial charge on any atom is -0.453 e. The maximum atomic E-state index is 12.6. The third-order valence-corrected chi connectivity index (χ3v) is 6.43. The number of carbonyl (C=O) groups is 1. The van der Waals surface area contributed by atoms with Gasteiger partial charge in [-0.15, -0.1) is 0 Å². The van der Waals surface area contributed by atoms with E-state index in [4.69, 9.17) is 8.94 Å². The van der Waals surface area contributed by atoms with Gasteiger partial charge < -0.3 is 8.94 Å². The van der Waals surface area contributed by atoms with Gasteiger partial charge in [0.05, 0.1) is 6.54 Å². The second-order valence-electron chi connectivity index (χ2n) is 8.76. The Labute approximate surface area is 194 Å². The van der Waals surface area contributed by atoms with Gasteiger partial charge in [-0.1, -0.05) is 65.8 Å². The van der Waals surface area contributed by atoms with Gasteiger partial charge in [0, 0.05) is 23.6 Å². The van der Waals surface area contributed by atoms with Crippen LogP contribution >= 0.6 is 0 Å². The van der Waals surface area contributed by atoms with Crippen LogP contribution in [0.15, 0.2) is 87.8 Å². The summed E-state index contributed by atoms with van der Waals surface area (Å²) < 4.78 is 11.4. The molecule has 2 aromatic heterocycles. The van der Waals surface area contributed by atoms with Crippen molar-refractivity contribution in [3.8, 4) is 22.6 Å². The molecule has 1 aliphatic heterocycles. The number of piperidine rings is 1. The van der Waals surface area contributed by atoms with Crippen LogP contribution in [0.25, 0.3) is 22.6 Å². The molecule has 0 spiro atoms. The molecule has 5 heteroatoms. The summed E-state index contributed by atoms with van der Waals surface area (Å²) in [7, 11) is 0. The lowest BCUT2D eigenvalue weighted by Crippen LogP contribution is -2.33. The number of hydrogen-bond acceptors (Lipinski definition) is 5. The predicted molar refractivity (Wildman–Crippen MR) is 128 cm³/mol. The fourth-order valence-electron chi connectivity index (χ4n) is 4.49. The van der Waals surface area contributed by atoms with E-state index in [1.54, 1.807) is 6.07 Å². The van der Waals surface area contributed by atoms with Crippen LogP contribution in [0.1, 0.15) is 42.0 Å². The van der Waals surface area contributed by atoms with E-state index in [1.165, 1.54) is 0 Å². The largest absolute Gasteiger partial charge is 0.453 e. The van der Waals surface area contributed by atoms with E-state index in [0.29, 0.717) is 18.1 Å². The van der Waals surface area contributed by atoms with Crippen LogP contribution in [0, 0.1) is 5.92 Å². The average molecular weight is 441 g/mol. The standard InChI is InChI=1S/C28H28N2O3/c31-26(28-14-13-27(32-28)23-9-5-2-6-10-23)12-11-21-15-17-30(18-16-21)20-24-19-25(29-33-24)22-7-3-1-4-8-22/h1-10,13-14,19,21H,11-12,15-18,20H2. The Morgan fingerprint density at radius 2 is 1.61 bits per heavy atom. The molecule has 3 heterocycles. The number of rotatable bonds is 8. The zero-order chi connectivity index (χ0) is 22.5. The first-order chi connectivity index (χ1) is 16.2. The Morgan fingerprint density at radius 1 is 0.909 bits per heavy atom. The highest BCUT2D eigenvalue weighted by Crippen LogP contribution is 2.27. The molecule has 1 saturated heterocycles. The molecule has 0 amide bonds. The van der Waals surface area contributed by atoms with E-state index >= 15 is 0 Å². The van der Waals surface area contributed by atoms with Crippen molar-refractivity contribution in [2.24, 2.45) is 5.92 Å². The Kier molecular flexibility index (Phi) is 6.49. The molecule has 0 unspecified atom stereocenters. The molecule has 1 aliphatic rings. The summed E-state index contributed by atoms with van der Waals surface area (Å²) in [6, 6.07) is 25.7. The number of carbonyl (C=O) groups excluding carboxylic acids is 1. The number of furan rings is 1. The van der Waals surface area contributed by atoms with E-state index in [2.05, 4.69) is 10.1 Å². The highest BCUT2D eigenvalue weighted by molar-refractivity contribution is 5.93. The number of aromatic nitrogens is 1. The molecule has 33 heavy (non-hydrogen) atoms. The molecule has 5 nitrogen and oxygen atoms in total. The highest BCUT2D eigenvalue weighted by atomic mass is 16.5. The lowest BCUT2D eigenvalue weighted by molar-refractivity contribution is 0.0934. The van der Waals surface area contributed by atoms with Crippen molar-refractivity contribution < 1.29 is 13.7 Å². The van der Waals surface area contributed by atoms with Crippen molar-refractivity contribution in [2.75, 3.05) is 13.1 Å². The van der Waals surface area contributed by atoms with Gasteiger partial charge in [-0.2, -0.15) is 0 Å². The van der Waals surface area contributed by atoms with Crippen LogP contribution in [0.5, 0.6) is 0 Å². The minimum atomic E-state index is 0.0923. The van der Waals surface area contributed by atoms with Crippen LogP contribution in [0.3, 0.4) is 0 Å². The molecule has 0 N–H and O–H groups in total. The molecule has 0 bridgehead atoms. The molecule has 0 atom stereocenters. The lowest BCUT2D eigenvalue weighted by Gasteiger charge is -2.31. The minimum absolute atomic E-state index is 0.0923. The lowest BCUT2D eigenvalue weighted by atomic mass is 9.91. The van der Waals surface area contributed by atoms with Crippen LogP contribution in [0.4, 0.5) is 0 Å². The first kappa shape index (κ1) is 21.4. The number of hydrogen-bond donors (Lipinski definition) is 0. The fourth-order valence-corrected chi connectivity index (χ4v) is 4.49. The summed E-state index contributed by atoms with van der Waals surface area (Å²) in [4.78, 5) is 15.0. The normalized spacial score (nSPS) is 15.0. The highest BCUT2D eigenvalue weighted by Gasteiger charge is 2.22. The number of Topliss-reactive ketones (excluding diaryl/α,β-unsaturated/α-hetero) is 1. The van der Waals surface area contributed by atoms with Crippen LogP contribution < -0.4 is 0 Å². The summed E-state index contributed by atoms with van der Waals surface area (Å²) in [5, 5.41) is 4.22. The topological polar surface area (TPSA) is 59.5 Å². The molecule has 2 aromatic carbocycles. The average Bonchev–Trinajstić information content (AvgIpc) is 3.55. The van der Waals surface area contributed by atoms with Crippen LogP contribution in [-0.2, 0) is 6.54 Å². The fraction of sp³-hybridized carbons (Fsp3) is 0.286. The summed E-state index contributed by atoms with van der Waals surface area (Å²) in [5.41, 5.74) is 2.95. The zero-order valence-electron chi connectivity index (χ0n) is 18.7. The third-order valence-electron chi connectivity index (χ3n) is 6.43. The summed E-state index contributed by atoms with van der Waals surface area (Å²) >= 11 is 0. The second kappa shape index (κ2) is 10.0. The monoisotopic (exact) mass is 440 g/mol.